The number of hydrogen-bond donors (Lipinski definition) is 0. The Labute approximate surface area is 175 Å². The summed E-state index contributed by atoms with van der Waals surface area (Å²) in [5, 5.41) is 3.10. The lowest BCUT2D eigenvalue weighted by Crippen LogP contribution is -2.19. The fourth-order valence-corrected chi connectivity index (χ4v) is 4.73. The molecule has 0 aromatic heterocycles. The zero-order valence-electron chi connectivity index (χ0n) is 16.0. The van der Waals surface area contributed by atoms with Gasteiger partial charge in [-0.2, -0.15) is 0 Å². The van der Waals surface area contributed by atoms with Crippen molar-refractivity contribution in [3.63, 3.8) is 0 Å². The molecule has 0 unspecified atom stereocenters. The molecule has 0 spiro atoms. The van der Waals surface area contributed by atoms with Crippen LogP contribution in [-0.4, -0.2) is 5.97 Å². The number of ether oxygens (including phenoxy) is 1. The quantitative estimate of drug-likeness (QED) is 0.450. The van der Waals surface area contributed by atoms with Crippen molar-refractivity contribution in [2.75, 3.05) is 0 Å². The largest absolute Gasteiger partial charge is 0.457 e. The molecule has 3 aromatic carbocycles. The molecule has 0 saturated heterocycles. The van der Waals surface area contributed by atoms with E-state index in [1.807, 2.05) is 42.5 Å². The molecule has 2 aliphatic rings. The Bertz CT molecular complexity index is 1160. The van der Waals surface area contributed by atoms with Gasteiger partial charge in [0.2, 0.25) is 0 Å². The van der Waals surface area contributed by atoms with Crippen LogP contribution in [0.2, 0.25) is 5.02 Å². The minimum Gasteiger partial charge on any atom is -0.457 e. The van der Waals surface area contributed by atoms with Crippen LogP contribution < -0.4 is 0 Å². The van der Waals surface area contributed by atoms with Crippen molar-refractivity contribution in [2.24, 2.45) is 0 Å². The fraction of sp³-hybridized carbons (Fsp3) is 0.192. The van der Waals surface area contributed by atoms with Crippen molar-refractivity contribution < 1.29 is 9.53 Å². The summed E-state index contributed by atoms with van der Waals surface area (Å²) < 4.78 is 5.64. The Balaban J connectivity index is 1.49. The Morgan fingerprint density at radius 1 is 1.03 bits per heavy atom. The van der Waals surface area contributed by atoms with Crippen LogP contribution in [0.5, 0.6) is 0 Å². The minimum atomic E-state index is -0.189. The summed E-state index contributed by atoms with van der Waals surface area (Å²) in [5.74, 6) is 0.0527. The summed E-state index contributed by atoms with van der Waals surface area (Å²) in [4.78, 5) is 12.9. The van der Waals surface area contributed by atoms with E-state index in [0.717, 1.165) is 41.0 Å². The van der Waals surface area contributed by atoms with Gasteiger partial charge in [-0.25, -0.2) is 4.79 Å². The average molecular weight is 401 g/mol. The lowest BCUT2D eigenvalue weighted by molar-refractivity contribution is -0.140. The summed E-state index contributed by atoms with van der Waals surface area (Å²) in [5.41, 5.74) is 5.45. The first-order valence-electron chi connectivity index (χ1n) is 10.0. The molecule has 0 saturated carbocycles. The number of carbonyl (C=O) groups excluding carboxylic acids is 1. The number of rotatable bonds is 3. The van der Waals surface area contributed by atoms with Gasteiger partial charge in [0.1, 0.15) is 6.61 Å². The summed E-state index contributed by atoms with van der Waals surface area (Å²) in [7, 11) is 0. The normalized spacial score (nSPS) is 17.8. The second-order valence-electron chi connectivity index (χ2n) is 7.71. The molecular weight excluding hydrogens is 380 g/mol. The van der Waals surface area contributed by atoms with Crippen LogP contribution in [0.25, 0.3) is 16.8 Å². The van der Waals surface area contributed by atoms with Gasteiger partial charge in [0.05, 0.1) is 0 Å². The maximum Gasteiger partial charge on any atom is 0.334 e. The van der Waals surface area contributed by atoms with Crippen molar-refractivity contribution in [3.05, 3.63) is 99.6 Å². The van der Waals surface area contributed by atoms with Gasteiger partial charge in [-0.05, 0) is 64.4 Å². The van der Waals surface area contributed by atoms with Gasteiger partial charge in [-0.3, -0.25) is 0 Å². The van der Waals surface area contributed by atoms with Crippen LogP contribution in [-0.2, 0) is 16.1 Å². The number of fused-ring (bicyclic) bond motifs is 5. The molecular formula is C26H21ClO2. The molecule has 2 aliphatic carbocycles. The van der Waals surface area contributed by atoms with Crippen molar-refractivity contribution in [1.82, 2.24) is 0 Å². The van der Waals surface area contributed by atoms with E-state index < -0.39 is 0 Å². The number of halogens is 1. The number of esters is 1. The molecule has 0 aliphatic heterocycles. The Kier molecular flexibility index (Phi) is 4.73. The van der Waals surface area contributed by atoms with Crippen LogP contribution in [0.15, 0.2) is 77.9 Å². The van der Waals surface area contributed by atoms with E-state index in [9.17, 15) is 4.79 Å². The van der Waals surface area contributed by atoms with Crippen molar-refractivity contribution in [3.8, 4) is 0 Å². The molecule has 0 bridgehead atoms. The highest BCUT2D eigenvalue weighted by atomic mass is 35.5. The van der Waals surface area contributed by atoms with E-state index in [-0.39, 0.29) is 11.9 Å². The van der Waals surface area contributed by atoms with Crippen molar-refractivity contribution in [1.29, 1.82) is 0 Å². The molecule has 3 heteroatoms. The Morgan fingerprint density at radius 2 is 1.86 bits per heavy atom. The summed E-state index contributed by atoms with van der Waals surface area (Å²) in [6, 6.07) is 20.2. The molecule has 1 atom stereocenters. The van der Waals surface area contributed by atoms with Gasteiger partial charge in [-0.1, -0.05) is 72.3 Å². The highest BCUT2D eigenvalue weighted by Gasteiger charge is 2.31. The zero-order valence-corrected chi connectivity index (χ0v) is 16.8. The van der Waals surface area contributed by atoms with E-state index >= 15 is 0 Å². The van der Waals surface area contributed by atoms with Gasteiger partial charge < -0.3 is 4.74 Å². The van der Waals surface area contributed by atoms with E-state index in [0.29, 0.717) is 6.61 Å². The Hall–Kier alpha value is -2.84. The lowest BCUT2D eigenvalue weighted by atomic mass is 9.73. The van der Waals surface area contributed by atoms with Crippen molar-refractivity contribution in [2.45, 2.75) is 31.8 Å². The highest BCUT2D eigenvalue weighted by Crippen LogP contribution is 2.45. The van der Waals surface area contributed by atoms with E-state index in [1.165, 1.54) is 21.9 Å². The molecule has 0 fully saturated rings. The zero-order chi connectivity index (χ0) is 19.8. The topological polar surface area (TPSA) is 26.3 Å². The molecule has 0 amide bonds. The van der Waals surface area contributed by atoms with Gasteiger partial charge in [0.15, 0.2) is 0 Å². The molecule has 144 valence electrons. The number of carbonyl (C=O) groups is 1. The van der Waals surface area contributed by atoms with Crippen LogP contribution in [0.3, 0.4) is 0 Å². The lowest BCUT2D eigenvalue weighted by Gasteiger charge is -2.31. The van der Waals surface area contributed by atoms with E-state index in [1.54, 1.807) is 0 Å². The first-order valence-corrected chi connectivity index (χ1v) is 10.4. The maximum atomic E-state index is 12.9. The molecule has 29 heavy (non-hydrogen) atoms. The van der Waals surface area contributed by atoms with Crippen LogP contribution in [0.1, 0.15) is 41.9 Å². The van der Waals surface area contributed by atoms with Crippen LogP contribution in [0, 0.1) is 0 Å². The number of allylic oxidation sites excluding steroid dienone is 2. The third-order valence-corrected chi connectivity index (χ3v) is 6.20. The van der Waals surface area contributed by atoms with Gasteiger partial charge in [-0.15, -0.1) is 0 Å². The van der Waals surface area contributed by atoms with Crippen LogP contribution in [0.4, 0.5) is 0 Å². The molecule has 0 N–H and O–H groups in total. The second kappa shape index (κ2) is 7.53. The molecule has 0 heterocycles. The number of hydrogen-bond acceptors (Lipinski definition) is 2. The smallest absolute Gasteiger partial charge is 0.334 e. The fourth-order valence-electron chi connectivity index (χ4n) is 4.56. The summed E-state index contributed by atoms with van der Waals surface area (Å²) >= 11 is 6.25. The average Bonchev–Trinajstić information content (AvgIpc) is 2.77. The van der Waals surface area contributed by atoms with Crippen molar-refractivity contribution >= 4 is 34.4 Å². The number of benzene rings is 3. The Morgan fingerprint density at radius 3 is 2.72 bits per heavy atom. The minimum absolute atomic E-state index is 0.189. The molecule has 0 radical (unpaired) electrons. The predicted molar refractivity (Wildman–Crippen MR) is 118 cm³/mol. The SMILES string of the molecule is O=C(OCc1ccccc1)C1=C2C=Cc3c(ccc4ccc(Cl)cc34)[C@H]2CCC1. The first-order chi connectivity index (χ1) is 14.2. The molecule has 5 rings (SSSR count). The third-order valence-electron chi connectivity index (χ3n) is 5.97. The van der Waals surface area contributed by atoms with E-state index in [2.05, 4.69) is 30.4 Å². The van der Waals surface area contributed by atoms with E-state index in [4.69, 9.17) is 16.3 Å². The van der Waals surface area contributed by atoms with Crippen LogP contribution >= 0.6 is 11.6 Å². The monoisotopic (exact) mass is 400 g/mol. The van der Waals surface area contributed by atoms with Gasteiger partial charge in [0.25, 0.3) is 0 Å². The maximum absolute atomic E-state index is 12.9. The predicted octanol–water partition coefficient (Wildman–Crippen LogP) is 6.83. The standard InChI is InChI=1S/C26H21ClO2/c27-19-11-9-18-10-12-21-20-7-4-8-24(22(20)13-14-23(21)25(18)15-19)26(28)29-16-17-5-2-1-3-6-17/h1-3,5-6,9-15,20H,4,7-8,16H2/t20-/m1/s1. The second-order valence-corrected chi connectivity index (χ2v) is 8.14. The van der Waals surface area contributed by atoms with Gasteiger partial charge >= 0.3 is 5.97 Å². The van der Waals surface area contributed by atoms with Gasteiger partial charge in [0, 0.05) is 16.5 Å². The summed E-state index contributed by atoms with van der Waals surface area (Å²) in [6.45, 7) is 0.310. The molecule has 3 aromatic rings. The third kappa shape index (κ3) is 3.38. The summed E-state index contributed by atoms with van der Waals surface area (Å²) in [6.07, 6.45) is 7.07. The highest BCUT2D eigenvalue weighted by molar-refractivity contribution is 6.31. The first kappa shape index (κ1) is 18.2. The molecule has 2 nitrogen and oxygen atoms in total.